The third-order valence-electron chi connectivity index (χ3n) is 5.25. The van der Waals surface area contributed by atoms with E-state index in [-0.39, 0.29) is 18.4 Å². The summed E-state index contributed by atoms with van der Waals surface area (Å²) in [4.78, 5) is 29.6. The molecular formula is C22H29N5O4. The van der Waals surface area contributed by atoms with Crippen LogP contribution in [0.4, 0.5) is 5.82 Å². The number of aromatic nitrogens is 1. The average molecular weight is 428 g/mol. The number of nitrogen functional groups attached to an aromatic ring is 1. The molecule has 9 heteroatoms. The highest BCUT2D eigenvalue weighted by Crippen LogP contribution is 2.31. The molecule has 166 valence electrons. The minimum Gasteiger partial charge on any atom is -0.454 e. The molecule has 1 aromatic heterocycles. The van der Waals surface area contributed by atoms with Crippen molar-refractivity contribution in [3.8, 4) is 11.5 Å². The Bertz CT molecular complexity index is 949. The molecular weight excluding hydrogens is 398 g/mol. The van der Waals surface area contributed by atoms with E-state index in [0.29, 0.717) is 32.1 Å². The van der Waals surface area contributed by atoms with Crippen LogP contribution in [0.2, 0.25) is 0 Å². The normalized spacial score (nSPS) is 16.5. The predicted octanol–water partition coefficient (Wildman–Crippen LogP) is 1.26. The third kappa shape index (κ3) is 5.64. The first-order chi connectivity index (χ1) is 14.9. The lowest BCUT2D eigenvalue weighted by Crippen LogP contribution is -2.47. The van der Waals surface area contributed by atoms with Crippen molar-refractivity contribution in [2.45, 2.75) is 39.3 Å². The van der Waals surface area contributed by atoms with Crippen LogP contribution in [0.3, 0.4) is 0 Å². The number of hydrogen-bond acceptors (Lipinski definition) is 7. The number of pyridine rings is 1. The Morgan fingerprint density at radius 1 is 1.19 bits per heavy atom. The smallest absolute Gasteiger partial charge is 0.243 e. The summed E-state index contributed by atoms with van der Waals surface area (Å²) in [5.41, 5.74) is 13.9. The highest BCUT2D eigenvalue weighted by Gasteiger charge is 2.33. The van der Waals surface area contributed by atoms with Gasteiger partial charge in [0.05, 0.1) is 6.54 Å². The fraction of sp³-hybridized carbons (Fsp3) is 0.409. The van der Waals surface area contributed by atoms with Gasteiger partial charge in [-0.1, -0.05) is 12.1 Å². The number of carbonyl (C=O) groups excluding carboxylic acids is 2. The predicted molar refractivity (Wildman–Crippen MR) is 116 cm³/mol. The molecule has 1 atom stereocenters. The number of nitrogens with zero attached hydrogens (tertiary/aromatic N) is 2. The number of benzene rings is 1. The van der Waals surface area contributed by atoms with Crippen molar-refractivity contribution >= 4 is 17.6 Å². The van der Waals surface area contributed by atoms with E-state index >= 15 is 0 Å². The molecule has 9 nitrogen and oxygen atoms in total. The number of nitrogens with one attached hydrogen (secondary N) is 1. The van der Waals surface area contributed by atoms with Crippen LogP contribution in [0.25, 0.3) is 0 Å². The maximum absolute atomic E-state index is 12.2. The summed E-state index contributed by atoms with van der Waals surface area (Å²) in [5, 5.41) is 2.86. The summed E-state index contributed by atoms with van der Waals surface area (Å²) in [6.07, 6.45) is 1.50. The Morgan fingerprint density at radius 3 is 2.71 bits per heavy atom. The van der Waals surface area contributed by atoms with Crippen molar-refractivity contribution in [1.29, 1.82) is 0 Å². The van der Waals surface area contributed by atoms with Crippen LogP contribution < -0.4 is 26.3 Å². The molecule has 2 aliphatic heterocycles. The van der Waals surface area contributed by atoms with Crippen LogP contribution in [-0.4, -0.2) is 47.6 Å². The van der Waals surface area contributed by atoms with E-state index in [1.165, 1.54) is 5.56 Å². The standard InChI is InChI=1S/C14H21N5O2.C8H8O2/c1-9-10(4-5-12(16)18-9)8-17-14(21)11-3-2-6-19(11)13(20)7-15;1-6-2-3-7-8(4-6)10-5-9-7/h4-5,11H,2-3,6-8,15H2,1H3,(H2,16,18)(H,17,21);2-4H,5H2,1H3/t11-;/m0./s1. The molecule has 0 spiro atoms. The number of ether oxygens (including phenoxy) is 2. The molecule has 2 aliphatic rings. The zero-order valence-electron chi connectivity index (χ0n) is 17.9. The van der Waals surface area contributed by atoms with E-state index in [0.717, 1.165) is 29.2 Å². The van der Waals surface area contributed by atoms with Gasteiger partial charge in [-0.25, -0.2) is 4.98 Å². The minimum atomic E-state index is -0.414. The van der Waals surface area contributed by atoms with Crippen molar-refractivity contribution in [2.24, 2.45) is 5.73 Å². The van der Waals surface area contributed by atoms with Crippen LogP contribution in [0.1, 0.15) is 29.7 Å². The van der Waals surface area contributed by atoms with E-state index in [1.54, 1.807) is 11.0 Å². The van der Waals surface area contributed by atoms with E-state index < -0.39 is 6.04 Å². The lowest BCUT2D eigenvalue weighted by atomic mass is 10.1. The summed E-state index contributed by atoms with van der Waals surface area (Å²) in [7, 11) is 0. The first kappa shape index (κ1) is 22.4. The van der Waals surface area contributed by atoms with E-state index in [9.17, 15) is 9.59 Å². The van der Waals surface area contributed by atoms with Gasteiger partial charge in [0.15, 0.2) is 11.5 Å². The zero-order chi connectivity index (χ0) is 22.4. The molecule has 2 amide bonds. The average Bonchev–Trinajstić information content (AvgIpc) is 3.42. The Labute approximate surface area is 181 Å². The monoisotopic (exact) mass is 427 g/mol. The molecule has 1 aromatic carbocycles. The van der Waals surface area contributed by atoms with Gasteiger partial charge in [-0.3, -0.25) is 9.59 Å². The topological polar surface area (TPSA) is 133 Å². The number of fused-ring (bicyclic) bond motifs is 1. The van der Waals surface area contributed by atoms with E-state index in [4.69, 9.17) is 20.9 Å². The van der Waals surface area contributed by atoms with Gasteiger partial charge in [-0.2, -0.15) is 0 Å². The largest absolute Gasteiger partial charge is 0.454 e. The fourth-order valence-corrected chi connectivity index (χ4v) is 3.56. The lowest BCUT2D eigenvalue weighted by Gasteiger charge is -2.23. The zero-order valence-corrected chi connectivity index (χ0v) is 17.9. The first-order valence-corrected chi connectivity index (χ1v) is 10.2. The van der Waals surface area contributed by atoms with Gasteiger partial charge in [-0.15, -0.1) is 0 Å². The number of amides is 2. The van der Waals surface area contributed by atoms with Gasteiger partial charge in [-0.05, 0) is 56.0 Å². The summed E-state index contributed by atoms with van der Waals surface area (Å²) < 4.78 is 10.3. The quantitative estimate of drug-likeness (QED) is 0.669. The maximum Gasteiger partial charge on any atom is 0.243 e. The molecule has 0 radical (unpaired) electrons. The molecule has 0 bridgehead atoms. The maximum atomic E-state index is 12.2. The highest BCUT2D eigenvalue weighted by atomic mass is 16.7. The SMILES string of the molecule is Cc1ccc2c(c1)OCO2.Cc1nc(N)ccc1CNC(=O)[C@@H]1CCCN1C(=O)CN. The summed E-state index contributed by atoms with van der Waals surface area (Å²) in [6, 6.07) is 9.04. The van der Waals surface area contributed by atoms with Crippen LogP contribution in [0.5, 0.6) is 11.5 Å². The van der Waals surface area contributed by atoms with Gasteiger partial charge < -0.3 is 31.2 Å². The van der Waals surface area contributed by atoms with Crippen molar-refractivity contribution in [2.75, 3.05) is 25.6 Å². The highest BCUT2D eigenvalue weighted by molar-refractivity contribution is 5.88. The Hall–Kier alpha value is -3.33. The number of likely N-dealkylation sites (tertiary alicyclic amines) is 1. The second-order valence-electron chi connectivity index (χ2n) is 7.50. The molecule has 5 N–H and O–H groups in total. The van der Waals surface area contributed by atoms with Crippen molar-refractivity contribution < 1.29 is 19.1 Å². The summed E-state index contributed by atoms with van der Waals surface area (Å²) in [5.74, 6) is 1.84. The fourth-order valence-electron chi connectivity index (χ4n) is 3.56. The number of anilines is 1. The Balaban J connectivity index is 0.000000225. The second kappa shape index (κ2) is 10.1. The summed E-state index contributed by atoms with van der Waals surface area (Å²) in [6.45, 7) is 5.14. The summed E-state index contributed by atoms with van der Waals surface area (Å²) >= 11 is 0. The number of nitrogens with two attached hydrogens (primary N) is 2. The second-order valence-corrected chi connectivity index (χ2v) is 7.50. The van der Waals surface area contributed by atoms with Gasteiger partial charge >= 0.3 is 0 Å². The number of aryl methyl sites for hydroxylation is 2. The Morgan fingerprint density at radius 2 is 1.97 bits per heavy atom. The molecule has 4 rings (SSSR count). The first-order valence-electron chi connectivity index (χ1n) is 10.2. The van der Waals surface area contributed by atoms with E-state index in [1.807, 2.05) is 38.1 Å². The molecule has 1 saturated heterocycles. The molecule has 0 unspecified atom stereocenters. The van der Waals surface area contributed by atoms with E-state index in [2.05, 4.69) is 10.3 Å². The van der Waals surface area contributed by atoms with Gasteiger partial charge in [0, 0.05) is 18.8 Å². The number of carbonyl (C=O) groups is 2. The molecule has 2 aromatic rings. The van der Waals surface area contributed by atoms with Gasteiger partial charge in [0.1, 0.15) is 11.9 Å². The van der Waals surface area contributed by atoms with Crippen molar-refractivity contribution in [3.63, 3.8) is 0 Å². The molecule has 31 heavy (non-hydrogen) atoms. The van der Waals surface area contributed by atoms with Crippen molar-refractivity contribution in [1.82, 2.24) is 15.2 Å². The number of hydrogen-bond donors (Lipinski definition) is 3. The molecule has 0 saturated carbocycles. The third-order valence-corrected chi connectivity index (χ3v) is 5.25. The van der Waals surface area contributed by atoms with Gasteiger partial charge in [0.2, 0.25) is 18.6 Å². The van der Waals surface area contributed by atoms with Crippen LogP contribution in [0, 0.1) is 13.8 Å². The van der Waals surface area contributed by atoms with Gasteiger partial charge in [0.25, 0.3) is 0 Å². The Kier molecular flexibility index (Phi) is 7.30. The molecule has 0 aliphatic carbocycles. The minimum absolute atomic E-state index is 0.0647. The van der Waals surface area contributed by atoms with Crippen LogP contribution in [-0.2, 0) is 16.1 Å². The molecule has 3 heterocycles. The van der Waals surface area contributed by atoms with Crippen molar-refractivity contribution in [3.05, 3.63) is 47.2 Å². The number of rotatable bonds is 4. The lowest BCUT2D eigenvalue weighted by molar-refractivity contribution is -0.137. The van der Waals surface area contributed by atoms with Crippen LogP contribution in [0.15, 0.2) is 30.3 Å². The van der Waals surface area contributed by atoms with Crippen LogP contribution >= 0.6 is 0 Å². The molecule has 1 fully saturated rings.